The Bertz CT molecular complexity index is 394. The molecule has 2 unspecified atom stereocenters. The van der Waals surface area contributed by atoms with Crippen LogP contribution in [0.2, 0.25) is 0 Å². The Labute approximate surface area is 103 Å². The molecule has 2 rings (SSSR count). The molecule has 1 saturated heterocycles. The first-order valence-electron chi connectivity index (χ1n) is 5.35. The summed E-state index contributed by atoms with van der Waals surface area (Å²) in [5.74, 6) is -0.0465. The summed E-state index contributed by atoms with van der Waals surface area (Å²) in [7, 11) is 0. The second-order valence-corrected chi connectivity index (χ2v) is 4.78. The molecule has 1 aromatic carbocycles. The zero-order valence-electron chi connectivity index (χ0n) is 9.07. The van der Waals surface area contributed by atoms with Gasteiger partial charge >= 0.3 is 0 Å². The molecular weight excluding hydrogens is 270 g/mol. The van der Waals surface area contributed by atoms with Crippen LogP contribution in [0, 0.1) is 0 Å². The number of rotatable bonds is 2. The van der Waals surface area contributed by atoms with Crippen LogP contribution < -0.4 is 5.32 Å². The van der Waals surface area contributed by atoms with Crippen molar-refractivity contribution < 1.29 is 9.53 Å². The quantitative estimate of drug-likeness (QED) is 0.905. The number of hydrogen-bond donors (Lipinski definition) is 1. The summed E-state index contributed by atoms with van der Waals surface area (Å²) in [4.78, 5) is 12.0. The monoisotopic (exact) mass is 283 g/mol. The van der Waals surface area contributed by atoms with Gasteiger partial charge in [0.15, 0.2) is 0 Å². The molecule has 0 bridgehead atoms. The van der Waals surface area contributed by atoms with Gasteiger partial charge in [-0.25, -0.2) is 0 Å². The lowest BCUT2D eigenvalue weighted by atomic mass is 10.1. The summed E-state index contributed by atoms with van der Waals surface area (Å²) < 4.78 is 6.22. The first kappa shape index (κ1) is 11.6. The lowest BCUT2D eigenvalue weighted by Gasteiger charge is -2.16. The Morgan fingerprint density at radius 2 is 2.25 bits per heavy atom. The third-order valence-corrected chi connectivity index (χ3v) is 3.50. The van der Waals surface area contributed by atoms with Gasteiger partial charge in [-0.1, -0.05) is 12.1 Å². The van der Waals surface area contributed by atoms with Crippen LogP contribution in [0.15, 0.2) is 28.7 Å². The molecule has 0 aliphatic carbocycles. The van der Waals surface area contributed by atoms with Crippen LogP contribution in [-0.4, -0.2) is 24.7 Å². The van der Waals surface area contributed by atoms with Crippen LogP contribution in [0.5, 0.6) is 0 Å². The number of carbonyl (C=O) groups is 1. The number of nitrogens with one attached hydrogen (secondary N) is 1. The molecule has 0 aromatic heterocycles. The Hall–Kier alpha value is -0.870. The van der Waals surface area contributed by atoms with Crippen molar-refractivity contribution in [1.82, 2.24) is 5.32 Å². The van der Waals surface area contributed by atoms with Crippen molar-refractivity contribution in [2.75, 3.05) is 6.61 Å². The van der Waals surface area contributed by atoms with Crippen molar-refractivity contribution in [3.05, 3.63) is 34.3 Å². The van der Waals surface area contributed by atoms with Crippen LogP contribution in [0.3, 0.4) is 0 Å². The van der Waals surface area contributed by atoms with Crippen LogP contribution in [0.4, 0.5) is 0 Å². The number of benzene rings is 1. The van der Waals surface area contributed by atoms with Crippen molar-refractivity contribution in [2.24, 2.45) is 0 Å². The minimum absolute atomic E-state index is 0.0465. The van der Waals surface area contributed by atoms with E-state index in [-0.39, 0.29) is 18.1 Å². The first-order valence-corrected chi connectivity index (χ1v) is 6.15. The van der Waals surface area contributed by atoms with E-state index in [0.29, 0.717) is 5.56 Å². The second-order valence-electron chi connectivity index (χ2n) is 3.92. The average molecular weight is 284 g/mol. The molecule has 1 aliphatic heterocycles. The summed E-state index contributed by atoms with van der Waals surface area (Å²) in [5.41, 5.74) is 0.668. The van der Waals surface area contributed by atoms with E-state index in [9.17, 15) is 4.79 Å². The lowest BCUT2D eigenvalue weighted by Crippen LogP contribution is -2.39. The van der Waals surface area contributed by atoms with Crippen LogP contribution in [0.25, 0.3) is 0 Å². The summed E-state index contributed by atoms with van der Waals surface area (Å²) in [5, 5.41) is 2.99. The number of ether oxygens (including phenoxy) is 1. The third kappa shape index (κ3) is 2.44. The largest absolute Gasteiger partial charge is 0.376 e. The fraction of sp³-hybridized carbons (Fsp3) is 0.417. The van der Waals surface area contributed by atoms with Gasteiger partial charge in [-0.15, -0.1) is 0 Å². The van der Waals surface area contributed by atoms with E-state index in [4.69, 9.17) is 4.74 Å². The Morgan fingerprint density at radius 3 is 2.88 bits per heavy atom. The predicted molar refractivity (Wildman–Crippen MR) is 65.4 cm³/mol. The van der Waals surface area contributed by atoms with E-state index in [1.54, 1.807) is 6.07 Å². The molecule has 86 valence electrons. The molecule has 16 heavy (non-hydrogen) atoms. The highest BCUT2D eigenvalue weighted by Crippen LogP contribution is 2.18. The molecule has 1 N–H and O–H groups in total. The minimum Gasteiger partial charge on any atom is -0.376 e. The molecule has 4 heteroatoms. The predicted octanol–water partition coefficient (Wildman–Crippen LogP) is 2.36. The Kier molecular flexibility index (Phi) is 3.61. The van der Waals surface area contributed by atoms with E-state index >= 15 is 0 Å². The second kappa shape index (κ2) is 4.97. The highest BCUT2D eigenvalue weighted by molar-refractivity contribution is 9.10. The van der Waals surface area contributed by atoms with Crippen LogP contribution in [-0.2, 0) is 4.74 Å². The normalized spacial score (nSPS) is 24.4. The van der Waals surface area contributed by atoms with E-state index in [1.807, 2.05) is 25.1 Å². The number of amides is 1. The third-order valence-electron chi connectivity index (χ3n) is 2.81. The molecule has 0 spiro atoms. The summed E-state index contributed by atoms with van der Waals surface area (Å²) >= 11 is 3.37. The molecule has 0 saturated carbocycles. The van der Waals surface area contributed by atoms with Gasteiger partial charge in [-0.3, -0.25) is 4.79 Å². The topological polar surface area (TPSA) is 38.3 Å². The van der Waals surface area contributed by atoms with Gasteiger partial charge in [0.05, 0.1) is 17.7 Å². The number of hydrogen-bond acceptors (Lipinski definition) is 2. The van der Waals surface area contributed by atoms with Gasteiger partial charge in [-0.05, 0) is 41.4 Å². The maximum atomic E-state index is 12.0. The lowest BCUT2D eigenvalue weighted by molar-refractivity contribution is 0.0865. The molecular formula is C12H14BrNO2. The van der Waals surface area contributed by atoms with Gasteiger partial charge in [0, 0.05) is 11.1 Å². The van der Waals surface area contributed by atoms with Gasteiger partial charge in [0.25, 0.3) is 5.91 Å². The summed E-state index contributed by atoms with van der Waals surface area (Å²) in [6.45, 7) is 2.71. The molecule has 2 atom stereocenters. The standard InChI is InChI=1S/C12H14BrNO2/c1-8-11(6-7-16-8)14-12(15)9-4-2-3-5-10(9)13/h2-5,8,11H,6-7H2,1H3,(H,14,15). The van der Waals surface area contributed by atoms with Crippen molar-refractivity contribution >= 4 is 21.8 Å². The smallest absolute Gasteiger partial charge is 0.252 e. The van der Waals surface area contributed by atoms with Crippen molar-refractivity contribution in [1.29, 1.82) is 0 Å². The number of carbonyl (C=O) groups excluding carboxylic acids is 1. The average Bonchev–Trinajstić information content (AvgIpc) is 2.65. The molecule has 1 fully saturated rings. The van der Waals surface area contributed by atoms with E-state index in [2.05, 4.69) is 21.2 Å². The van der Waals surface area contributed by atoms with Crippen molar-refractivity contribution in [3.8, 4) is 0 Å². The van der Waals surface area contributed by atoms with Gasteiger partial charge in [-0.2, -0.15) is 0 Å². The van der Waals surface area contributed by atoms with Crippen molar-refractivity contribution in [3.63, 3.8) is 0 Å². The summed E-state index contributed by atoms with van der Waals surface area (Å²) in [6.07, 6.45) is 0.989. The number of halogens is 1. The molecule has 1 aromatic rings. The fourth-order valence-corrected chi connectivity index (χ4v) is 2.28. The van der Waals surface area contributed by atoms with Gasteiger partial charge < -0.3 is 10.1 Å². The molecule has 1 heterocycles. The highest BCUT2D eigenvalue weighted by Gasteiger charge is 2.26. The van der Waals surface area contributed by atoms with E-state index in [1.165, 1.54) is 0 Å². The molecule has 1 amide bonds. The van der Waals surface area contributed by atoms with Crippen LogP contribution >= 0.6 is 15.9 Å². The SMILES string of the molecule is CC1OCCC1NC(=O)c1ccccc1Br. The molecule has 0 radical (unpaired) electrons. The Morgan fingerprint density at radius 1 is 1.50 bits per heavy atom. The van der Waals surface area contributed by atoms with Crippen molar-refractivity contribution in [2.45, 2.75) is 25.5 Å². The summed E-state index contributed by atoms with van der Waals surface area (Å²) in [6, 6.07) is 7.54. The zero-order chi connectivity index (χ0) is 11.5. The Balaban J connectivity index is 2.06. The van der Waals surface area contributed by atoms with E-state index in [0.717, 1.165) is 17.5 Å². The zero-order valence-corrected chi connectivity index (χ0v) is 10.7. The maximum absolute atomic E-state index is 12.0. The first-order chi connectivity index (χ1) is 7.68. The minimum atomic E-state index is -0.0465. The molecule has 1 aliphatic rings. The maximum Gasteiger partial charge on any atom is 0.252 e. The highest BCUT2D eigenvalue weighted by atomic mass is 79.9. The van der Waals surface area contributed by atoms with E-state index < -0.39 is 0 Å². The van der Waals surface area contributed by atoms with Gasteiger partial charge in [0.2, 0.25) is 0 Å². The van der Waals surface area contributed by atoms with Crippen LogP contribution in [0.1, 0.15) is 23.7 Å². The fourth-order valence-electron chi connectivity index (χ4n) is 1.81. The molecule has 3 nitrogen and oxygen atoms in total. The van der Waals surface area contributed by atoms with Gasteiger partial charge in [0.1, 0.15) is 0 Å².